The van der Waals surface area contributed by atoms with Gasteiger partial charge in [-0.25, -0.2) is 0 Å². The van der Waals surface area contributed by atoms with E-state index in [0.717, 1.165) is 29.7 Å². The molecule has 112 valence electrons. The maximum absolute atomic E-state index is 12.4. The zero-order valence-electron chi connectivity index (χ0n) is 11.6. The quantitative estimate of drug-likeness (QED) is 0.850. The first-order chi connectivity index (χ1) is 9.49. The third-order valence-corrected chi connectivity index (χ3v) is 3.51. The summed E-state index contributed by atoms with van der Waals surface area (Å²) in [6.45, 7) is 3.88. The van der Waals surface area contributed by atoms with Crippen molar-refractivity contribution in [3.05, 3.63) is 34.9 Å². The summed E-state index contributed by atoms with van der Waals surface area (Å²) in [5.74, 6) is 0. The van der Waals surface area contributed by atoms with Crippen LogP contribution in [-0.4, -0.2) is 12.7 Å². The summed E-state index contributed by atoms with van der Waals surface area (Å²) in [5.41, 5.74) is 3.16. The minimum absolute atomic E-state index is 0.0726. The van der Waals surface area contributed by atoms with Crippen LogP contribution in [0.15, 0.2) is 18.2 Å². The van der Waals surface area contributed by atoms with Crippen molar-refractivity contribution in [2.45, 2.75) is 51.6 Å². The number of benzene rings is 1. The van der Waals surface area contributed by atoms with E-state index in [2.05, 4.69) is 5.32 Å². The Balaban J connectivity index is 2.09. The Morgan fingerprint density at radius 2 is 2.00 bits per heavy atom. The molecule has 0 amide bonds. The van der Waals surface area contributed by atoms with Crippen LogP contribution in [0.5, 0.6) is 0 Å². The first kappa shape index (κ1) is 15.3. The summed E-state index contributed by atoms with van der Waals surface area (Å²) in [4.78, 5) is 0. The van der Waals surface area contributed by atoms with Crippen molar-refractivity contribution in [3.63, 3.8) is 0 Å². The largest absolute Gasteiger partial charge is 0.389 e. The molecule has 1 aliphatic heterocycles. The first-order valence-corrected chi connectivity index (χ1v) is 6.99. The van der Waals surface area contributed by atoms with E-state index in [1.807, 2.05) is 25.1 Å². The second-order valence-corrected chi connectivity index (χ2v) is 5.18. The number of alkyl halides is 3. The number of fused-ring (bicyclic) bond motifs is 1. The highest BCUT2D eigenvalue weighted by Gasteiger charge is 2.28. The van der Waals surface area contributed by atoms with Gasteiger partial charge in [0, 0.05) is 12.5 Å². The molecule has 1 heterocycles. The van der Waals surface area contributed by atoms with Crippen LogP contribution in [0.1, 0.15) is 48.9 Å². The second-order valence-electron chi connectivity index (χ2n) is 5.18. The van der Waals surface area contributed by atoms with E-state index in [4.69, 9.17) is 4.74 Å². The molecule has 1 aliphatic rings. The lowest BCUT2D eigenvalue weighted by molar-refractivity contribution is -0.136. The van der Waals surface area contributed by atoms with Gasteiger partial charge in [0.15, 0.2) is 0 Å². The molecule has 1 atom stereocenters. The van der Waals surface area contributed by atoms with E-state index in [-0.39, 0.29) is 12.5 Å². The van der Waals surface area contributed by atoms with E-state index in [9.17, 15) is 13.2 Å². The molecule has 0 aromatic heterocycles. The fourth-order valence-electron chi connectivity index (χ4n) is 2.42. The summed E-state index contributed by atoms with van der Waals surface area (Å²) in [5, 5.41) is 3.21. The fourth-order valence-corrected chi connectivity index (χ4v) is 2.42. The lowest BCUT2D eigenvalue weighted by Gasteiger charge is -2.20. The van der Waals surface area contributed by atoms with Crippen LogP contribution < -0.4 is 5.32 Å². The van der Waals surface area contributed by atoms with Crippen LogP contribution in [0.2, 0.25) is 0 Å². The summed E-state index contributed by atoms with van der Waals surface area (Å²) >= 11 is 0. The van der Waals surface area contributed by atoms with Gasteiger partial charge in [-0.3, -0.25) is 0 Å². The van der Waals surface area contributed by atoms with Gasteiger partial charge in [-0.2, -0.15) is 13.2 Å². The van der Waals surface area contributed by atoms with E-state index in [0.29, 0.717) is 13.2 Å². The van der Waals surface area contributed by atoms with Gasteiger partial charge in [0.05, 0.1) is 13.2 Å². The Bertz CT molecular complexity index is 445. The van der Waals surface area contributed by atoms with Crippen LogP contribution in [0.3, 0.4) is 0 Å². The van der Waals surface area contributed by atoms with E-state index in [1.54, 1.807) is 0 Å². The SMILES string of the molecule is CCCNC(CCC(F)(F)F)c1ccc2c(c1)COC2. The lowest BCUT2D eigenvalue weighted by Crippen LogP contribution is -2.24. The zero-order chi connectivity index (χ0) is 14.6. The smallest absolute Gasteiger partial charge is 0.372 e. The van der Waals surface area contributed by atoms with Crippen molar-refractivity contribution < 1.29 is 17.9 Å². The van der Waals surface area contributed by atoms with Crippen LogP contribution in [0.25, 0.3) is 0 Å². The third kappa shape index (κ3) is 4.21. The van der Waals surface area contributed by atoms with Gasteiger partial charge < -0.3 is 10.1 Å². The van der Waals surface area contributed by atoms with Crippen molar-refractivity contribution >= 4 is 0 Å². The standard InChI is InChI=1S/C15H20F3NO/c1-2-7-19-14(5-6-15(16,17)18)11-3-4-12-9-20-10-13(12)8-11/h3-4,8,14,19H,2,5-7,9-10H2,1H3. The molecule has 0 fully saturated rings. The molecule has 2 rings (SSSR count). The molecule has 0 radical (unpaired) electrons. The number of hydrogen-bond acceptors (Lipinski definition) is 2. The molecular formula is C15H20F3NO. The number of nitrogens with one attached hydrogen (secondary N) is 1. The minimum atomic E-state index is -4.11. The molecule has 0 bridgehead atoms. The topological polar surface area (TPSA) is 21.3 Å². The predicted octanol–water partition coefficient (Wildman–Crippen LogP) is 4.10. The normalized spacial score (nSPS) is 16.2. The Hall–Kier alpha value is -1.07. The molecule has 1 unspecified atom stereocenters. The molecule has 1 aromatic rings. The highest BCUT2D eigenvalue weighted by atomic mass is 19.4. The maximum Gasteiger partial charge on any atom is 0.389 e. The number of rotatable bonds is 6. The molecule has 0 saturated heterocycles. The van der Waals surface area contributed by atoms with Crippen LogP contribution >= 0.6 is 0 Å². The molecule has 0 saturated carbocycles. The molecule has 0 spiro atoms. The van der Waals surface area contributed by atoms with E-state index < -0.39 is 12.6 Å². The number of ether oxygens (including phenoxy) is 1. The van der Waals surface area contributed by atoms with Gasteiger partial charge in [-0.15, -0.1) is 0 Å². The summed E-state index contributed by atoms with van der Waals surface area (Å²) in [6, 6.07) is 5.61. The number of hydrogen-bond donors (Lipinski definition) is 1. The molecule has 20 heavy (non-hydrogen) atoms. The highest BCUT2D eigenvalue weighted by molar-refractivity contribution is 5.34. The van der Waals surface area contributed by atoms with Crippen molar-refractivity contribution in [1.82, 2.24) is 5.32 Å². The Morgan fingerprint density at radius 1 is 1.25 bits per heavy atom. The average molecular weight is 287 g/mol. The minimum Gasteiger partial charge on any atom is -0.372 e. The van der Waals surface area contributed by atoms with E-state index >= 15 is 0 Å². The van der Waals surface area contributed by atoms with Crippen LogP contribution in [0, 0.1) is 0 Å². The van der Waals surface area contributed by atoms with Gasteiger partial charge in [0.25, 0.3) is 0 Å². The van der Waals surface area contributed by atoms with Crippen molar-refractivity contribution in [1.29, 1.82) is 0 Å². The first-order valence-electron chi connectivity index (χ1n) is 6.99. The van der Waals surface area contributed by atoms with Gasteiger partial charge in [0.1, 0.15) is 0 Å². The summed E-state index contributed by atoms with van der Waals surface area (Å²) in [6.07, 6.45) is -3.90. The van der Waals surface area contributed by atoms with Gasteiger partial charge in [-0.05, 0) is 36.1 Å². The number of halogens is 3. The average Bonchev–Trinajstić information content (AvgIpc) is 2.85. The predicted molar refractivity (Wildman–Crippen MR) is 71.3 cm³/mol. The Morgan fingerprint density at radius 3 is 2.70 bits per heavy atom. The molecule has 0 aliphatic carbocycles. The van der Waals surface area contributed by atoms with Gasteiger partial charge >= 0.3 is 6.18 Å². The van der Waals surface area contributed by atoms with Crippen LogP contribution in [-0.2, 0) is 18.0 Å². The maximum atomic E-state index is 12.4. The molecule has 1 aromatic carbocycles. The Labute approximate surface area is 117 Å². The molecule has 2 nitrogen and oxygen atoms in total. The summed E-state index contributed by atoms with van der Waals surface area (Å²) < 4.78 is 42.6. The van der Waals surface area contributed by atoms with Gasteiger partial charge in [0.2, 0.25) is 0 Å². The highest BCUT2D eigenvalue weighted by Crippen LogP contribution is 2.30. The molecule has 5 heteroatoms. The van der Waals surface area contributed by atoms with Crippen molar-refractivity contribution in [3.8, 4) is 0 Å². The van der Waals surface area contributed by atoms with Crippen molar-refractivity contribution in [2.75, 3.05) is 6.54 Å². The Kier molecular flexibility index (Phi) is 5.05. The lowest BCUT2D eigenvalue weighted by atomic mass is 9.97. The van der Waals surface area contributed by atoms with Crippen molar-refractivity contribution in [2.24, 2.45) is 0 Å². The summed E-state index contributed by atoms with van der Waals surface area (Å²) in [7, 11) is 0. The van der Waals surface area contributed by atoms with E-state index in [1.165, 1.54) is 0 Å². The second kappa shape index (κ2) is 6.59. The third-order valence-electron chi connectivity index (χ3n) is 3.51. The zero-order valence-corrected chi connectivity index (χ0v) is 11.6. The monoisotopic (exact) mass is 287 g/mol. The molecule has 1 N–H and O–H groups in total. The molecular weight excluding hydrogens is 267 g/mol. The fraction of sp³-hybridized carbons (Fsp3) is 0.600. The van der Waals surface area contributed by atoms with Gasteiger partial charge in [-0.1, -0.05) is 25.1 Å². The van der Waals surface area contributed by atoms with Crippen LogP contribution in [0.4, 0.5) is 13.2 Å².